The second kappa shape index (κ2) is 8.80. The van der Waals surface area contributed by atoms with Crippen molar-refractivity contribution in [2.24, 2.45) is 5.73 Å². The average molecular weight is 430 g/mol. The first-order chi connectivity index (χ1) is 12.7. The van der Waals surface area contributed by atoms with Crippen molar-refractivity contribution in [2.45, 2.75) is 42.5 Å². The number of carbonyl (C=O) groups excluding carboxylic acids is 2. The Morgan fingerprint density at radius 1 is 1.00 bits per heavy atom. The fourth-order valence-corrected chi connectivity index (χ4v) is 4.53. The normalized spacial score (nSPS) is 19.6. The summed E-state index contributed by atoms with van der Waals surface area (Å²) in [5.41, 5.74) is 5.94. The minimum atomic E-state index is -3.37. The van der Waals surface area contributed by atoms with E-state index in [9.17, 15) is 18.0 Å². The van der Waals surface area contributed by atoms with Gasteiger partial charge in [-0.25, -0.2) is 8.42 Å². The molecule has 2 fully saturated rings. The number of sulfone groups is 1. The summed E-state index contributed by atoms with van der Waals surface area (Å²) in [6.45, 7) is 1.75. The molecule has 1 saturated carbocycles. The number of carbonyl (C=O) groups is 2. The minimum absolute atomic E-state index is 0. The zero-order chi connectivity index (χ0) is 19.7. The minimum Gasteiger partial charge on any atom is -0.338 e. The molecule has 2 aliphatic rings. The molecule has 3 rings (SSSR count). The smallest absolute Gasteiger partial charge is 0.254 e. The van der Waals surface area contributed by atoms with Gasteiger partial charge < -0.3 is 15.5 Å². The highest BCUT2D eigenvalue weighted by Crippen LogP contribution is 2.28. The molecule has 1 aliphatic heterocycles. The summed E-state index contributed by atoms with van der Waals surface area (Å²) in [6.07, 6.45) is 5.66. The predicted molar refractivity (Wildman–Crippen MR) is 109 cm³/mol. The van der Waals surface area contributed by atoms with Crippen LogP contribution in [0.1, 0.15) is 42.5 Å². The van der Waals surface area contributed by atoms with Crippen molar-refractivity contribution in [2.75, 3.05) is 32.4 Å². The largest absolute Gasteiger partial charge is 0.338 e. The van der Waals surface area contributed by atoms with Gasteiger partial charge in [-0.05, 0) is 31.0 Å². The summed E-state index contributed by atoms with van der Waals surface area (Å²) in [5.74, 6) is -0.221. The maximum atomic E-state index is 12.8. The summed E-state index contributed by atoms with van der Waals surface area (Å²) in [6, 6.07) is 6.08. The molecule has 0 bridgehead atoms. The van der Waals surface area contributed by atoms with Gasteiger partial charge in [-0.1, -0.05) is 25.3 Å². The van der Waals surface area contributed by atoms with Crippen molar-refractivity contribution in [3.05, 3.63) is 29.8 Å². The first-order valence-corrected chi connectivity index (χ1v) is 11.3. The standard InChI is InChI=1S/C19H27N3O4S.ClH/c1-27(25,26)16-7-5-6-15(14-16)17(23)21-10-12-22(13-11-21)18(24)19(20)8-3-2-4-9-19;/h5-7,14H,2-4,8-13,20H2,1H3;1H. The van der Waals surface area contributed by atoms with E-state index in [0.717, 1.165) is 38.4 Å². The van der Waals surface area contributed by atoms with Crippen LogP contribution in [-0.4, -0.2) is 68.0 Å². The molecule has 156 valence electrons. The summed E-state index contributed by atoms with van der Waals surface area (Å²) >= 11 is 0. The lowest BCUT2D eigenvalue weighted by Gasteiger charge is -2.41. The van der Waals surface area contributed by atoms with E-state index < -0.39 is 15.4 Å². The van der Waals surface area contributed by atoms with Gasteiger partial charge in [-0.15, -0.1) is 12.4 Å². The number of amides is 2. The zero-order valence-corrected chi connectivity index (χ0v) is 17.7. The molecule has 0 unspecified atom stereocenters. The Morgan fingerprint density at radius 2 is 1.57 bits per heavy atom. The average Bonchev–Trinajstić information content (AvgIpc) is 2.67. The van der Waals surface area contributed by atoms with Crippen LogP contribution in [-0.2, 0) is 14.6 Å². The number of rotatable bonds is 3. The van der Waals surface area contributed by atoms with Crippen LogP contribution < -0.4 is 5.73 Å². The van der Waals surface area contributed by atoms with Gasteiger partial charge in [0.1, 0.15) is 0 Å². The molecule has 1 aromatic carbocycles. The molecule has 0 spiro atoms. The monoisotopic (exact) mass is 429 g/mol. The third kappa shape index (κ3) is 4.85. The first kappa shape index (κ1) is 22.6. The van der Waals surface area contributed by atoms with Gasteiger partial charge in [0.15, 0.2) is 9.84 Å². The topological polar surface area (TPSA) is 101 Å². The van der Waals surface area contributed by atoms with Gasteiger partial charge >= 0.3 is 0 Å². The van der Waals surface area contributed by atoms with Crippen LogP contribution in [0.4, 0.5) is 0 Å². The fourth-order valence-electron chi connectivity index (χ4n) is 3.87. The summed E-state index contributed by atoms with van der Waals surface area (Å²) in [4.78, 5) is 29.1. The van der Waals surface area contributed by atoms with E-state index in [1.807, 2.05) is 0 Å². The lowest BCUT2D eigenvalue weighted by atomic mass is 9.81. The number of hydrogen-bond donors (Lipinski definition) is 1. The van der Waals surface area contributed by atoms with Gasteiger partial charge in [0.05, 0.1) is 10.4 Å². The molecule has 1 heterocycles. The van der Waals surface area contributed by atoms with E-state index in [1.54, 1.807) is 21.9 Å². The Hall–Kier alpha value is -1.64. The van der Waals surface area contributed by atoms with E-state index in [0.29, 0.717) is 31.7 Å². The Kier molecular flexibility index (Phi) is 7.12. The molecule has 0 aromatic heterocycles. The van der Waals surface area contributed by atoms with Crippen molar-refractivity contribution in [1.29, 1.82) is 0 Å². The van der Waals surface area contributed by atoms with Crippen molar-refractivity contribution >= 4 is 34.1 Å². The van der Waals surface area contributed by atoms with Gasteiger partial charge in [0.25, 0.3) is 5.91 Å². The molecule has 0 radical (unpaired) electrons. The third-order valence-corrected chi connectivity index (χ3v) is 6.65. The molecular weight excluding hydrogens is 402 g/mol. The highest BCUT2D eigenvalue weighted by Gasteiger charge is 2.39. The van der Waals surface area contributed by atoms with Crippen LogP contribution in [0.3, 0.4) is 0 Å². The van der Waals surface area contributed by atoms with E-state index in [-0.39, 0.29) is 29.1 Å². The van der Waals surface area contributed by atoms with E-state index >= 15 is 0 Å². The van der Waals surface area contributed by atoms with Crippen LogP contribution in [0.2, 0.25) is 0 Å². The first-order valence-electron chi connectivity index (χ1n) is 9.38. The highest BCUT2D eigenvalue weighted by atomic mass is 35.5. The number of piperazine rings is 1. The SMILES string of the molecule is CS(=O)(=O)c1cccc(C(=O)N2CCN(C(=O)C3(N)CCCCC3)CC2)c1.Cl. The van der Waals surface area contributed by atoms with Crippen LogP contribution in [0.15, 0.2) is 29.2 Å². The number of halogens is 1. The molecular formula is C19H28ClN3O4S. The van der Waals surface area contributed by atoms with Crippen LogP contribution in [0.25, 0.3) is 0 Å². The summed E-state index contributed by atoms with van der Waals surface area (Å²) in [5, 5.41) is 0. The lowest BCUT2D eigenvalue weighted by Crippen LogP contribution is -2.60. The van der Waals surface area contributed by atoms with Crippen molar-refractivity contribution in [3.63, 3.8) is 0 Å². The number of nitrogens with two attached hydrogens (primary N) is 1. The van der Waals surface area contributed by atoms with Crippen molar-refractivity contribution in [3.8, 4) is 0 Å². The second-order valence-electron chi connectivity index (χ2n) is 7.60. The van der Waals surface area contributed by atoms with Crippen LogP contribution in [0, 0.1) is 0 Å². The Balaban J connectivity index is 0.00000280. The lowest BCUT2D eigenvalue weighted by molar-refractivity contribution is -0.139. The highest BCUT2D eigenvalue weighted by molar-refractivity contribution is 7.90. The van der Waals surface area contributed by atoms with Crippen LogP contribution >= 0.6 is 12.4 Å². The number of benzene rings is 1. The maximum absolute atomic E-state index is 12.8. The predicted octanol–water partition coefficient (Wildman–Crippen LogP) is 1.46. The maximum Gasteiger partial charge on any atom is 0.254 e. The van der Waals surface area contributed by atoms with Gasteiger partial charge in [0.2, 0.25) is 5.91 Å². The Morgan fingerprint density at radius 3 is 2.14 bits per heavy atom. The molecule has 1 saturated heterocycles. The van der Waals surface area contributed by atoms with Gasteiger partial charge in [-0.3, -0.25) is 9.59 Å². The molecule has 1 aliphatic carbocycles. The van der Waals surface area contributed by atoms with Gasteiger partial charge in [-0.2, -0.15) is 0 Å². The number of nitrogens with zero attached hydrogens (tertiary/aromatic N) is 2. The Bertz CT molecular complexity index is 829. The van der Waals surface area contributed by atoms with Gasteiger partial charge in [0, 0.05) is 38.0 Å². The summed E-state index contributed by atoms with van der Waals surface area (Å²) in [7, 11) is -3.37. The Labute approximate surface area is 172 Å². The molecule has 2 amide bonds. The molecule has 1 aromatic rings. The molecule has 0 atom stereocenters. The molecule has 28 heavy (non-hydrogen) atoms. The van der Waals surface area contributed by atoms with E-state index in [2.05, 4.69) is 0 Å². The fraction of sp³-hybridized carbons (Fsp3) is 0.579. The summed E-state index contributed by atoms with van der Waals surface area (Å²) < 4.78 is 23.4. The third-order valence-electron chi connectivity index (χ3n) is 5.53. The molecule has 7 nitrogen and oxygen atoms in total. The molecule has 2 N–H and O–H groups in total. The quantitative estimate of drug-likeness (QED) is 0.783. The van der Waals surface area contributed by atoms with Crippen molar-refractivity contribution in [1.82, 2.24) is 9.80 Å². The second-order valence-corrected chi connectivity index (χ2v) is 9.62. The van der Waals surface area contributed by atoms with E-state index in [1.165, 1.54) is 12.1 Å². The zero-order valence-electron chi connectivity index (χ0n) is 16.1. The van der Waals surface area contributed by atoms with Crippen LogP contribution in [0.5, 0.6) is 0 Å². The number of hydrogen-bond acceptors (Lipinski definition) is 5. The van der Waals surface area contributed by atoms with E-state index in [4.69, 9.17) is 5.73 Å². The van der Waals surface area contributed by atoms with Crippen molar-refractivity contribution < 1.29 is 18.0 Å². The molecule has 9 heteroatoms.